The summed E-state index contributed by atoms with van der Waals surface area (Å²) in [4.78, 5) is 0. The van der Waals surface area contributed by atoms with Crippen molar-refractivity contribution in [2.75, 3.05) is 11.9 Å². The fourth-order valence-electron chi connectivity index (χ4n) is 2.09. The maximum absolute atomic E-state index is 9.26. The molecule has 0 aliphatic heterocycles. The van der Waals surface area contributed by atoms with Gasteiger partial charge < -0.3 is 10.4 Å². The van der Waals surface area contributed by atoms with Crippen molar-refractivity contribution < 1.29 is 5.11 Å². The van der Waals surface area contributed by atoms with Crippen LogP contribution in [0.1, 0.15) is 25.7 Å². The predicted octanol–water partition coefficient (Wildman–Crippen LogP) is 3.65. The summed E-state index contributed by atoms with van der Waals surface area (Å²) < 4.78 is 0. The molecule has 0 heterocycles. The minimum absolute atomic E-state index is 0.142. The van der Waals surface area contributed by atoms with Gasteiger partial charge in [-0.25, -0.2) is 0 Å². The summed E-state index contributed by atoms with van der Waals surface area (Å²) in [5, 5.41) is 13.0. The molecule has 1 aliphatic carbocycles. The van der Waals surface area contributed by atoms with E-state index in [1.807, 2.05) is 6.07 Å². The molecule has 1 fully saturated rings. The normalized spacial score (nSPS) is 16.9. The van der Waals surface area contributed by atoms with E-state index in [4.69, 9.17) is 11.6 Å². The van der Waals surface area contributed by atoms with E-state index in [-0.39, 0.29) is 5.75 Å². The summed E-state index contributed by atoms with van der Waals surface area (Å²) in [6, 6.07) is 5.25. The number of aromatic hydroxyl groups is 1. The van der Waals surface area contributed by atoms with Crippen LogP contribution in [0.5, 0.6) is 5.75 Å². The van der Waals surface area contributed by atoms with Crippen LogP contribution in [0.2, 0.25) is 5.02 Å². The number of hydrogen-bond acceptors (Lipinski definition) is 2. The number of phenols is 1. The Hall–Kier alpha value is -0.890. The monoisotopic (exact) mass is 225 g/mol. The van der Waals surface area contributed by atoms with Crippen LogP contribution in [0, 0.1) is 5.92 Å². The fraction of sp³-hybridized carbons (Fsp3) is 0.500. The fourth-order valence-corrected chi connectivity index (χ4v) is 2.27. The summed E-state index contributed by atoms with van der Waals surface area (Å²) in [6.45, 7) is 1.01. The molecule has 0 saturated heterocycles. The third-order valence-corrected chi connectivity index (χ3v) is 3.32. The largest absolute Gasteiger partial charge is 0.506 e. The Balaban J connectivity index is 1.90. The summed E-state index contributed by atoms with van der Waals surface area (Å²) in [5.74, 6) is 0.945. The van der Waals surface area contributed by atoms with Crippen molar-refractivity contribution in [2.24, 2.45) is 5.92 Å². The molecule has 82 valence electrons. The lowest BCUT2D eigenvalue weighted by Crippen LogP contribution is -2.10. The van der Waals surface area contributed by atoms with Gasteiger partial charge in [-0.05, 0) is 37.0 Å². The topological polar surface area (TPSA) is 32.3 Å². The van der Waals surface area contributed by atoms with Gasteiger partial charge in [-0.2, -0.15) is 0 Å². The highest BCUT2D eigenvalue weighted by molar-refractivity contribution is 6.32. The van der Waals surface area contributed by atoms with E-state index < -0.39 is 0 Å². The Bertz CT molecular complexity index is 334. The number of nitrogens with one attached hydrogen (secondary N) is 1. The highest BCUT2D eigenvalue weighted by atomic mass is 35.5. The van der Waals surface area contributed by atoms with Crippen molar-refractivity contribution in [3.8, 4) is 5.75 Å². The van der Waals surface area contributed by atoms with Crippen LogP contribution in [0.3, 0.4) is 0 Å². The van der Waals surface area contributed by atoms with Crippen LogP contribution in [0.15, 0.2) is 18.2 Å². The number of halogens is 1. The first-order valence-corrected chi connectivity index (χ1v) is 5.86. The Morgan fingerprint density at radius 3 is 2.73 bits per heavy atom. The Kier molecular flexibility index (Phi) is 3.37. The molecule has 1 aliphatic rings. The Morgan fingerprint density at radius 2 is 2.07 bits per heavy atom. The molecule has 1 aromatic carbocycles. The lowest BCUT2D eigenvalue weighted by molar-refractivity contribution is 0.475. The molecule has 2 N–H and O–H groups in total. The zero-order valence-electron chi connectivity index (χ0n) is 8.67. The SMILES string of the molecule is Oc1ccc(NCC2CCCC2)cc1Cl. The predicted molar refractivity (Wildman–Crippen MR) is 63.6 cm³/mol. The Morgan fingerprint density at radius 1 is 1.33 bits per heavy atom. The third kappa shape index (κ3) is 2.78. The lowest BCUT2D eigenvalue weighted by Gasteiger charge is -2.12. The standard InChI is InChI=1S/C12H16ClNO/c13-11-7-10(5-6-12(11)15)14-8-9-3-1-2-4-9/h5-7,9,14-15H,1-4,8H2. The molecule has 2 nitrogen and oxygen atoms in total. The second-order valence-electron chi connectivity index (χ2n) is 4.20. The minimum atomic E-state index is 0.142. The van der Waals surface area contributed by atoms with Gasteiger partial charge in [-0.3, -0.25) is 0 Å². The van der Waals surface area contributed by atoms with E-state index in [2.05, 4.69) is 5.32 Å². The molecular weight excluding hydrogens is 210 g/mol. The molecule has 0 unspecified atom stereocenters. The number of anilines is 1. The number of benzene rings is 1. The van der Waals surface area contributed by atoms with Crippen LogP contribution in [0.4, 0.5) is 5.69 Å². The zero-order valence-corrected chi connectivity index (χ0v) is 9.43. The van der Waals surface area contributed by atoms with Crippen molar-refractivity contribution >= 4 is 17.3 Å². The first-order chi connectivity index (χ1) is 7.25. The highest BCUT2D eigenvalue weighted by Crippen LogP contribution is 2.28. The van der Waals surface area contributed by atoms with Crippen molar-refractivity contribution in [1.82, 2.24) is 0 Å². The summed E-state index contributed by atoms with van der Waals surface area (Å²) in [5.41, 5.74) is 0.990. The van der Waals surface area contributed by atoms with Gasteiger partial charge in [0.1, 0.15) is 5.75 Å². The van der Waals surface area contributed by atoms with Crippen molar-refractivity contribution in [3.05, 3.63) is 23.2 Å². The van der Waals surface area contributed by atoms with Gasteiger partial charge >= 0.3 is 0 Å². The van der Waals surface area contributed by atoms with Gasteiger partial charge in [-0.15, -0.1) is 0 Å². The van der Waals surface area contributed by atoms with Crippen molar-refractivity contribution in [2.45, 2.75) is 25.7 Å². The lowest BCUT2D eigenvalue weighted by atomic mass is 10.1. The molecular formula is C12H16ClNO. The highest BCUT2D eigenvalue weighted by Gasteiger charge is 2.14. The van der Waals surface area contributed by atoms with E-state index in [9.17, 15) is 5.11 Å². The van der Waals surface area contributed by atoms with E-state index >= 15 is 0 Å². The van der Waals surface area contributed by atoms with E-state index in [1.54, 1.807) is 12.1 Å². The zero-order chi connectivity index (χ0) is 10.7. The quantitative estimate of drug-likeness (QED) is 0.770. The molecule has 1 aromatic rings. The molecule has 0 spiro atoms. The first-order valence-electron chi connectivity index (χ1n) is 5.48. The third-order valence-electron chi connectivity index (χ3n) is 3.02. The molecule has 2 rings (SSSR count). The second kappa shape index (κ2) is 4.75. The van der Waals surface area contributed by atoms with Gasteiger partial charge in [0.15, 0.2) is 0 Å². The number of phenolic OH excluding ortho intramolecular Hbond substituents is 1. The van der Waals surface area contributed by atoms with Gasteiger partial charge in [0.25, 0.3) is 0 Å². The number of hydrogen-bond donors (Lipinski definition) is 2. The molecule has 0 radical (unpaired) electrons. The maximum Gasteiger partial charge on any atom is 0.134 e. The van der Waals surface area contributed by atoms with Crippen LogP contribution in [-0.4, -0.2) is 11.7 Å². The van der Waals surface area contributed by atoms with Crippen LogP contribution >= 0.6 is 11.6 Å². The van der Waals surface area contributed by atoms with E-state index in [1.165, 1.54) is 25.7 Å². The molecule has 0 amide bonds. The van der Waals surface area contributed by atoms with Crippen LogP contribution in [-0.2, 0) is 0 Å². The van der Waals surface area contributed by atoms with Gasteiger partial charge in [-0.1, -0.05) is 24.4 Å². The molecule has 3 heteroatoms. The molecule has 0 aromatic heterocycles. The molecule has 0 bridgehead atoms. The molecule has 0 atom stereocenters. The smallest absolute Gasteiger partial charge is 0.134 e. The van der Waals surface area contributed by atoms with Gasteiger partial charge in [0, 0.05) is 12.2 Å². The van der Waals surface area contributed by atoms with Gasteiger partial charge in [0.2, 0.25) is 0 Å². The van der Waals surface area contributed by atoms with Crippen LogP contribution in [0.25, 0.3) is 0 Å². The average molecular weight is 226 g/mol. The van der Waals surface area contributed by atoms with E-state index in [0.717, 1.165) is 18.2 Å². The number of rotatable bonds is 3. The van der Waals surface area contributed by atoms with Gasteiger partial charge in [0.05, 0.1) is 5.02 Å². The van der Waals surface area contributed by atoms with Crippen molar-refractivity contribution in [1.29, 1.82) is 0 Å². The summed E-state index contributed by atoms with van der Waals surface area (Å²) in [7, 11) is 0. The van der Waals surface area contributed by atoms with E-state index in [0.29, 0.717) is 5.02 Å². The maximum atomic E-state index is 9.26. The average Bonchev–Trinajstić information content (AvgIpc) is 2.73. The molecule has 1 saturated carbocycles. The first kappa shape index (κ1) is 10.6. The second-order valence-corrected chi connectivity index (χ2v) is 4.60. The summed E-state index contributed by atoms with van der Waals surface area (Å²) in [6.07, 6.45) is 5.39. The molecule has 15 heavy (non-hydrogen) atoms. The minimum Gasteiger partial charge on any atom is -0.506 e. The van der Waals surface area contributed by atoms with Crippen molar-refractivity contribution in [3.63, 3.8) is 0 Å². The van der Waals surface area contributed by atoms with Crippen LogP contribution < -0.4 is 5.32 Å². The summed E-state index contributed by atoms with van der Waals surface area (Å²) >= 11 is 5.82. The Labute approximate surface area is 95.3 Å².